The lowest BCUT2D eigenvalue weighted by atomic mass is 10.2. The normalized spacial score (nSPS) is 15.1. The van der Waals surface area contributed by atoms with E-state index in [9.17, 15) is 9.59 Å². The van der Waals surface area contributed by atoms with Gasteiger partial charge in [-0.15, -0.1) is 0 Å². The molecule has 1 aromatic carbocycles. The Morgan fingerprint density at radius 2 is 2.24 bits per heavy atom. The van der Waals surface area contributed by atoms with Crippen molar-refractivity contribution < 1.29 is 9.59 Å². The molecular weight excluding hydrogens is 242 g/mol. The predicted molar refractivity (Wildman–Crippen MR) is 65.2 cm³/mol. The monoisotopic (exact) mass is 251 g/mol. The van der Waals surface area contributed by atoms with Gasteiger partial charge in [0.25, 0.3) is 5.91 Å². The van der Waals surface area contributed by atoms with Gasteiger partial charge in [-0.25, -0.2) is 5.01 Å². The van der Waals surface area contributed by atoms with Gasteiger partial charge in [0, 0.05) is 5.71 Å². The Morgan fingerprint density at radius 3 is 2.71 bits per heavy atom. The Labute approximate surface area is 103 Å². The molecule has 2 amide bonds. The van der Waals surface area contributed by atoms with Crippen LogP contribution in [0.3, 0.4) is 0 Å². The van der Waals surface area contributed by atoms with Crippen LogP contribution in [-0.2, 0) is 4.79 Å². The van der Waals surface area contributed by atoms with E-state index in [4.69, 9.17) is 17.3 Å². The lowest BCUT2D eigenvalue weighted by Crippen LogP contribution is -2.20. The number of amides is 2. The number of hydrogen-bond acceptors (Lipinski definition) is 3. The third kappa shape index (κ3) is 2.14. The van der Waals surface area contributed by atoms with Crippen molar-refractivity contribution in [2.45, 2.75) is 13.3 Å². The van der Waals surface area contributed by atoms with E-state index in [0.717, 1.165) is 5.71 Å². The summed E-state index contributed by atoms with van der Waals surface area (Å²) in [5.41, 5.74) is 6.63. The standard InChI is InChI=1S/C11H10ClN3O2/c1-6-4-10(16)15(14-6)7-2-3-8(11(13)17)9(12)5-7/h2-3,5H,4H2,1H3,(H2,13,17). The first-order chi connectivity index (χ1) is 7.99. The minimum absolute atomic E-state index is 0.120. The SMILES string of the molecule is CC1=NN(c2ccc(C(N)=O)c(Cl)c2)C(=O)C1. The van der Waals surface area contributed by atoms with Crippen LogP contribution in [0.25, 0.3) is 0 Å². The maximum absolute atomic E-state index is 11.6. The highest BCUT2D eigenvalue weighted by molar-refractivity contribution is 6.34. The summed E-state index contributed by atoms with van der Waals surface area (Å²) < 4.78 is 0. The number of hydrazone groups is 1. The zero-order valence-corrected chi connectivity index (χ0v) is 9.86. The summed E-state index contributed by atoms with van der Waals surface area (Å²) in [5, 5.41) is 5.56. The molecule has 0 atom stereocenters. The molecular formula is C11H10ClN3O2. The zero-order valence-electron chi connectivity index (χ0n) is 9.11. The summed E-state index contributed by atoms with van der Waals surface area (Å²) in [5.74, 6) is -0.723. The molecule has 1 heterocycles. The predicted octanol–water partition coefficient (Wildman–Crippen LogP) is 1.55. The van der Waals surface area contributed by atoms with Crippen molar-refractivity contribution >= 4 is 34.8 Å². The molecule has 0 fully saturated rings. The van der Waals surface area contributed by atoms with E-state index in [0.29, 0.717) is 12.1 Å². The molecule has 0 bridgehead atoms. The largest absolute Gasteiger partial charge is 0.366 e. The van der Waals surface area contributed by atoms with Gasteiger partial charge in [-0.05, 0) is 25.1 Å². The van der Waals surface area contributed by atoms with Gasteiger partial charge in [0.1, 0.15) is 0 Å². The number of benzene rings is 1. The lowest BCUT2D eigenvalue weighted by Gasteiger charge is -2.12. The maximum atomic E-state index is 11.6. The van der Waals surface area contributed by atoms with Crippen molar-refractivity contribution in [3.05, 3.63) is 28.8 Å². The third-order valence-corrected chi connectivity index (χ3v) is 2.69. The minimum Gasteiger partial charge on any atom is -0.366 e. The molecule has 88 valence electrons. The summed E-state index contributed by atoms with van der Waals surface area (Å²) in [6.45, 7) is 1.78. The van der Waals surface area contributed by atoms with Crippen LogP contribution in [0.5, 0.6) is 0 Å². The van der Waals surface area contributed by atoms with Gasteiger partial charge in [0.15, 0.2) is 0 Å². The molecule has 1 aromatic rings. The molecule has 0 unspecified atom stereocenters. The summed E-state index contributed by atoms with van der Waals surface area (Å²) in [6, 6.07) is 4.57. The molecule has 1 aliphatic rings. The van der Waals surface area contributed by atoms with Gasteiger partial charge >= 0.3 is 0 Å². The van der Waals surface area contributed by atoms with Crippen LogP contribution < -0.4 is 10.7 Å². The van der Waals surface area contributed by atoms with Crippen LogP contribution >= 0.6 is 11.6 Å². The van der Waals surface area contributed by atoms with Crippen LogP contribution in [0.2, 0.25) is 5.02 Å². The molecule has 0 radical (unpaired) electrons. The first kappa shape index (κ1) is 11.6. The highest BCUT2D eigenvalue weighted by atomic mass is 35.5. The Morgan fingerprint density at radius 1 is 1.53 bits per heavy atom. The number of rotatable bonds is 2. The van der Waals surface area contributed by atoms with Crippen LogP contribution in [-0.4, -0.2) is 17.5 Å². The zero-order chi connectivity index (χ0) is 12.6. The molecule has 2 rings (SSSR count). The molecule has 0 saturated heterocycles. The van der Waals surface area contributed by atoms with E-state index in [1.165, 1.54) is 17.1 Å². The molecule has 0 aliphatic carbocycles. The second-order valence-corrected chi connectivity index (χ2v) is 4.15. The number of primary amides is 1. The van der Waals surface area contributed by atoms with Crippen molar-refractivity contribution in [2.75, 3.05) is 5.01 Å². The van der Waals surface area contributed by atoms with Crippen molar-refractivity contribution in [1.82, 2.24) is 0 Å². The fourth-order valence-electron chi connectivity index (χ4n) is 1.59. The first-order valence-corrected chi connectivity index (χ1v) is 5.33. The minimum atomic E-state index is -0.603. The van der Waals surface area contributed by atoms with Crippen LogP contribution in [0, 0.1) is 0 Å². The number of carbonyl (C=O) groups is 2. The molecule has 17 heavy (non-hydrogen) atoms. The Balaban J connectivity index is 2.39. The highest BCUT2D eigenvalue weighted by Crippen LogP contribution is 2.26. The van der Waals surface area contributed by atoms with Gasteiger partial charge < -0.3 is 5.73 Å². The first-order valence-electron chi connectivity index (χ1n) is 4.95. The van der Waals surface area contributed by atoms with Crippen molar-refractivity contribution in [2.24, 2.45) is 10.8 Å². The summed E-state index contributed by atoms with van der Waals surface area (Å²) in [7, 11) is 0. The number of halogens is 1. The fourth-order valence-corrected chi connectivity index (χ4v) is 1.86. The maximum Gasteiger partial charge on any atom is 0.253 e. The molecule has 2 N–H and O–H groups in total. The Hall–Kier alpha value is -1.88. The Kier molecular flexibility index (Phi) is 2.85. The fraction of sp³-hybridized carbons (Fsp3) is 0.182. The topological polar surface area (TPSA) is 75.8 Å². The molecule has 0 spiro atoms. The van der Waals surface area contributed by atoms with E-state index in [1.54, 1.807) is 13.0 Å². The number of carbonyl (C=O) groups excluding carboxylic acids is 2. The van der Waals surface area contributed by atoms with E-state index in [1.807, 2.05) is 0 Å². The third-order valence-electron chi connectivity index (χ3n) is 2.38. The molecule has 0 saturated carbocycles. The second kappa shape index (κ2) is 4.18. The number of nitrogens with zero attached hydrogens (tertiary/aromatic N) is 2. The van der Waals surface area contributed by atoms with Crippen molar-refractivity contribution in [1.29, 1.82) is 0 Å². The average Bonchev–Trinajstić information content (AvgIpc) is 2.57. The lowest BCUT2D eigenvalue weighted by molar-refractivity contribution is -0.116. The summed E-state index contributed by atoms with van der Waals surface area (Å²) in [6.07, 6.45) is 0.301. The highest BCUT2D eigenvalue weighted by Gasteiger charge is 2.23. The van der Waals surface area contributed by atoms with Gasteiger partial charge in [0.05, 0.1) is 22.7 Å². The Bertz CT molecular complexity index is 540. The van der Waals surface area contributed by atoms with E-state index in [-0.39, 0.29) is 16.5 Å². The molecule has 0 aromatic heterocycles. The number of anilines is 1. The van der Waals surface area contributed by atoms with E-state index in [2.05, 4.69) is 5.10 Å². The van der Waals surface area contributed by atoms with Gasteiger partial charge in [-0.2, -0.15) is 5.10 Å². The number of nitrogens with two attached hydrogens (primary N) is 1. The summed E-state index contributed by atoms with van der Waals surface area (Å²) >= 11 is 5.90. The van der Waals surface area contributed by atoms with Crippen LogP contribution in [0.1, 0.15) is 23.7 Å². The smallest absolute Gasteiger partial charge is 0.253 e. The van der Waals surface area contributed by atoms with Crippen molar-refractivity contribution in [3.8, 4) is 0 Å². The van der Waals surface area contributed by atoms with Crippen LogP contribution in [0.15, 0.2) is 23.3 Å². The van der Waals surface area contributed by atoms with Gasteiger partial charge in [0.2, 0.25) is 5.91 Å². The molecule has 6 heteroatoms. The quantitative estimate of drug-likeness (QED) is 0.866. The number of hydrogen-bond donors (Lipinski definition) is 1. The van der Waals surface area contributed by atoms with Gasteiger partial charge in [-0.3, -0.25) is 9.59 Å². The van der Waals surface area contributed by atoms with E-state index >= 15 is 0 Å². The van der Waals surface area contributed by atoms with Crippen LogP contribution in [0.4, 0.5) is 5.69 Å². The summed E-state index contributed by atoms with van der Waals surface area (Å²) in [4.78, 5) is 22.6. The van der Waals surface area contributed by atoms with E-state index < -0.39 is 5.91 Å². The molecule has 5 nitrogen and oxygen atoms in total. The average molecular weight is 252 g/mol. The molecule has 1 aliphatic heterocycles. The van der Waals surface area contributed by atoms with Gasteiger partial charge in [-0.1, -0.05) is 11.6 Å². The van der Waals surface area contributed by atoms with Crippen molar-refractivity contribution in [3.63, 3.8) is 0 Å². The second-order valence-electron chi connectivity index (χ2n) is 3.75.